The number of hydrogen-bond donors (Lipinski definition) is 1. The van der Waals surface area contributed by atoms with Crippen molar-refractivity contribution in [3.8, 4) is 11.5 Å². The fourth-order valence-corrected chi connectivity index (χ4v) is 3.11. The van der Waals surface area contributed by atoms with Gasteiger partial charge in [0.1, 0.15) is 6.10 Å². The summed E-state index contributed by atoms with van der Waals surface area (Å²) in [5, 5.41) is 3.38. The van der Waals surface area contributed by atoms with E-state index >= 15 is 0 Å². The highest BCUT2D eigenvalue weighted by Gasteiger charge is 2.28. The Morgan fingerprint density at radius 2 is 1.92 bits per heavy atom. The average Bonchev–Trinajstić information content (AvgIpc) is 2.63. The van der Waals surface area contributed by atoms with Gasteiger partial charge >= 0.3 is 0 Å². The molecule has 0 bridgehead atoms. The maximum Gasteiger partial charge on any atom is 0.162 e. The second kappa shape index (κ2) is 8.69. The molecule has 5 heteroatoms. The lowest BCUT2D eigenvalue weighted by Crippen LogP contribution is -2.43. The molecule has 0 spiro atoms. The first-order valence-corrected chi connectivity index (χ1v) is 9.32. The molecule has 0 aliphatic carbocycles. The van der Waals surface area contributed by atoms with Crippen molar-refractivity contribution in [1.82, 2.24) is 5.32 Å². The molecule has 4 nitrogen and oxygen atoms in total. The summed E-state index contributed by atoms with van der Waals surface area (Å²) >= 11 is 2.31. The van der Waals surface area contributed by atoms with Gasteiger partial charge in [0.15, 0.2) is 17.6 Å². The summed E-state index contributed by atoms with van der Waals surface area (Å²) in [5.41, 5.74) is 1.11. The van der Waals surface area contributed by atoms with Gasteiger partial charge in [-0.1, -0.05) is 24.3 Å². The van der Waals surface area contributed by atoms with Gasteiger partial charge in [0.25, 0.3) is 0 Å². The molecule has 2 atom stereocenters. The van der Waals surface area contributed by atoms with Gasteiger partial charge in [-0.05, 0) is 59.3 Å². The number of hydrogen-bond acceptors (Lipinski definition) is 4. The minimum absolute atomic E-state index is 0.0338. The molecule has 1 aliphatic heterocycles. The van der Waals surface area contributed by atoms with Crippen molar-refractivity contribution >= 4 is 22.6 Å². The number of ether oxygens (including phenoxy) is 3. The van der Waals surface area contributed by atoms with E-state index in [0.29, 0.717) is 13.2 Å². The first kappa shape index (κ1) is 17.5. The van der Waals surface area contributed by atoms with E-state index in [9.17, 15) is 0 Å². The summed E-state index contributed by atoms with van der Waals surface area (Å²) in [6.07, 6.45) is -0.218. The molecule has 128 valence electrons. The molecule has 1 fully saturated rings. The molecule has 1 saturated heterocycles. The average molecular weight is 439 g/mol. The Bertz CT molecular complexity index is 641. The molecular weight excluding hydrogens is 417 g/mol. The SMILES string of the molecule is CCOc1ccccc1O[C@H](c1ccc(I)cc1)[C@H]1CNCCO1. The molecule has 0 unspecified atom stereocenters. The molecule has 1 heterocycles. The zero-order valence-electron chi connectivity index (χ0n) is 13.7. The van der Waals surface area contributed by atoms with Crippen molar-refractivity contribution in [3.05, 3.63) is 57.7 Å². The van der Waals surface area contributed by atoms with Crippen LogP contribution in [0.25, 0.3) is 0 Å². The van der Waals surface area contributed by atoms with Crippen LogP contribution in [-0.2, 0) is 4.74 Å². The van der Waals surface area contributed by atoms with Gasteiger partial charge in [-0.15, -0.1) is 0 Å². The Labute approximate surface area is 156 Å². The molecular formula is C19H22INO3. The van der Waals surface area contributed by atoms with Gasteiger partial charge in [0.2, 0.25) is 0 Å². The summed E-state index contributed by atoms with van der Waals surface area (Å²) in [6, 6.07) is 16.2. The van der Waals surface area contributed by atoms with Crippen LogP contribution in [0, 0.1) is 3.57 Å². The van der Waals surface area contributed by atoms with E-state index in [0.717, 1.165) is 30.2 Å². The third kappa shape index (κ3) is 4.40. The van der Waals surface area contributed by atoms with Gasteiger partial charge in [0, 0.05) is 16.7 Å². The first-order valence-electron chi connectivity index (χ1n) is 8.24. The molecule has 0 radical (unpaired) electrons. The number of benzene rings is 2. The van der Waals surface area contributed by atoms with Crippen molar-refractivity contribution in [2.45, 2.75) is 19.1 Å². The van der Waals surface area contributed by atoms with Gasteiger partial charge in [-0.3, -0.25) is 0 Å². The second-order valence-electron chi connectivity index (χ2n) is 5.58. The molecule has 3 rings (SSSR count). The molecule has 2 aromatic carbocycles. The number of nitrogens with one attached hydrogen (secondary N) is 1. The van der Waals surface area contributed by atoms with Crippen molar-refractivity contribution in [2.24, 2.45) is 0 Å². The summed E-state index contributed by atoms with van der Waals surface area (Å²) < 4.78 is 19.2. The van der Waals surface area contributed by atoms with E-state index < -0.39 is 0 Å². The molecule has 0 aromatic heterocycles. The Kier molecular flexibility index (Phi) is 6.34. The van der Waals surface area contributed by atoms with Crippen molar-refractivity contribution in [3.63, 3.8) is 0 Å². The molecule has 2 aromatic rings. The maximum atomic E-state index is 6.37. The van der Waals surface area contributed by atoms with Crippen LogP contribution in [0.2, 0.25) is 0 Å². The van der Waals surface area contributed by atoms with Crippen LogP contribution in [0.15, 0.2) is 48.5 Å². The summed E-state index contributed by atoms with van der Waals surface area (Å²) in [4.78, 5) is 0. The third-order valence-electron chi connectivity index (χ3n) is 3.90. The van der Waals surface area contributed by atoms with E-state index in [1.54, 1.807) is 0 Å². The minimum Gasteiger partial charge on any atom is -0.490 e. The lowest BCUT2D eigenvalue weighted by atomic mass is 10.0. The Balaban J connectivity index is 1.88. The van der Waals surface area contributed by atoms with E-state index in [-0.39, 0.29) is 12.2 Å². The first-order chi connectivity index (χ1) is 11.8. The standard InChI is InChI=1S/C19H22INO3/c1-2-22-16-5-3-4-6-17(16)24-19(18-13-21-11-12-23-18)14-7-9-15(20)10-8-14/h3-10,18-19,21H,2,11-13H2,1H3/t18-,19-/m1/s1. The molecule has 1 aliphatic rings. The third-order valence-corrected chi connectivity index (χ3v) is 4.61. The maximum absolute atomic E-state index is 6.37. The van der Waals surface area contributed by atoms with Crippen LogP contribution in [0.4, 0.5) is 0 Å². The number of halogens is 1. The highest BCUT2D eigenvalue weighted by molar-refractivity contribution is 14.1. The van der Waals surface area contributed by atoms with E-state index in [2.05, 4.69) is 52.2 Å². The van der Waals surface area contributed by atoms with Crippen LogP contribution in [-0.4, -0.2) is 32.4 Å². The van der Waals surface area contributed by atoms with Crippen LogP contribution >= 0.6 is 22.6 Å². The Morgan fingerprint density at radius 1 is 1.17 bits per heavy atom. The normalized spacial score (nSPS) is 18.8. The van der Waals surface area contributed by atoms with Gasteiger partial charge < -0.3 is 19.5 Å². The van der Waals surface area contributed by atoms with E-state index in [1.807, 2.05) is 31.2 Å². The van der Waals surface area contributed by atoms with Crippen LogP contribution in [0.5, 0.6) is 11.5 Å². The lowest BCUT2D eigenvalue weighted by molar-refractivity contribution is -0.0439. The zero-order chi connectivity index (χ0) is 16.8. The second-order valence-corrected chi connectivity index (χ2v) is 6.83. The topological polar surface area (TPSA) is 39.7 Å². The molecule has 0 amide bonds. The van der Waals surface area contributed by atoms with Crippen LogP contribution in [0.1, 0.15) is 18.6 Å². The van der Waals surface area contributed by atoms with Crippen molar-refractivity contribution < 1.29 is 14.2 Å². The predicted octanol–water partition coefficient (Wildman–Crippen LogP) is 3.80. The molecule has 0 saturated carbocycles. The van der Waals surface area contributed by atoms with Crippen LogP contribution < -0.4 is 14.8 Å². The summed E-state index contributed by atoms with van der Waals surface area (Å²) in [6.45, 7) is 4.93. The van der Waals surface area contributed by atoms with Crippen molar-refractivity contribution in [2.75, 3.05) is 26.3 Å². The number of para-hydroxylation sites is 2. The summed E-state index contributed by atoms with van der Waals surface area (Å²) in [5.74, 6) is 1.51. The quantitative estimate of drug-likeness (QED) is 0.696. The highest BCUT2D eigenvalue weighted by Crippen LogP contribution is 2.33. The Morgan fingerprint density at radius 3 is 2.58 bits per heavy atom. The lowest BCUT2D eigenvalue weighted by Gasteiger charge is -2.32. The number of rotatable bonds is 6. The minimum atomic E-state index is -0.184. The predicted molar refractivity (Wildman–Crippen MR) is 103 cm³/mol. The largest absolute Gasteiger partial charge is 0.490 e. The fraction of sp³-hybridized carbons (Fsp3) is 0.368. The van der Waals surface area contributed by atoms with Gasteiger partial charge in [0.05, 0.1) is 13.2 Å². The van der Waals surface area contributed by atoms with Gasteiger partial charge in [-0.2, -0.15) is 0 Å². The smallest absolute Gasteiger partial charge is 0.162 e. The monoisotopic (exact) mass is 439 g/mol. The van der Waals surface area contributed by atoms with E-state index in [1.165, 1.54) is 3.57 Å². The molecule has 1 N–H and O–H groups in total. The van der Waals surface area contributed by atoms with Gasteiger partial charge in [-0.25, -0.2) is 0 Å². The molecule has 24 heavy (non-hydrogen) atoms. The van der Waals surface area contributed by atoms with E-state index in [4.69, 9.17) is 14.2 Å². The fourth-order valence-electron chi connectivity index (χ4n) is 2.75. The zero-order valence-corrected chi connectivity index (χ0v) is 15.9. The highest BCUT2D eigenvalue weighted by atomic mass is 127. The van der Waals surface area contributed by atoms with Crippen LogP contribution in [0.3, 0.4) is 0 Å². The Hall–Kier alpha value is -1.31. The summed E-state index contributed by atoms with van der Waals surface area (Å²) in [7, 11) is 0. The number of morpholine rings is 1. The van der Waals surface area contributed by atoms with Crippen molar-refractivity contribution in [1.29, 1.82) is 0 Å².